The van der Waals surface area contributed by atoms with Crippen molar-refractivity contribution in [3.05, 3.63) is 36.4 Å². The van der Waals surface area contributed by atoms with E-state index in [4.69, 9.17) is 4.74 Å². The van der Waals surface area contributed by atoms with E-state index in [1.807, 2.05) is 12.2 Å². The van der Waals surface area contributed by atoms with Crippen LogP contribution in [0.2, 0.25) is 0 Å². The number of esters is 1. The van der Waals surface area contributed by atoms with Crippen LogP contribution < -0.4 is 10.0 Å². The predicted molar refractivity (Wildman–Crippen MR) is 95.8 cm³/mol. The van der Waals surface area contributed by atoms with Crippen LogP contribution in [0.5, 0.6) is 0 Å². The SMILES string of the molecule is CC1C=CC(C(=O)Nc2ccc(S(=O)(=O)N[C@H]3CCOC3=O)cc2)CC1. The van der Waals surface area contributed by atoms with Gasteiger partial charge in [-0.05, 0) is 43.0 Å². The van der Waals surface area contributed by atoms with Crippen molar-refractivity contribution in [3.8, 4) is 0 Å². The topological polar surface area (TPSA) is 102 Å². The second kappa shape index (κ2) is 7.59. The Morgan fingerprint density at radius 2 is 1.85 bits per heavy atom. The first-order chi connectivity index (χ1) is 12.3. The van der Waals surface area contributed by atoms with Crippen LogP contribution in [-0.4, -0.2) is 32.9 Å². The molecule has 7 nitrogen and oxygen atoms in total. The third kappa shape index (κ3) is 4.31. The van der Waals surface area contributed by atoms with Gasteiger partial charge in [0.2, 0.25) is 15.9 Å². The van der Waals surface area contributed by atoms with E-state index in [1.165, 1.54) is 24.3 Å². The number of allylic oxidation sites excluding steroid dienone is 1. The van der Waals surface area contributed by atoms with E-state index in [0.29, 0.717) is 18.0 Å². The molecule has 2 N–H and O–H groups in total. The van der Waals surface area contributed by atoms with Crippen molar-refractivity contribution in [2.24, 2.45) is 11.8 Å². The minimum atomic E-state index is -3.82. The average molecular weight is 378 g/mol. The number of anilines is 1. The van der Waals surface area contributed by atoms with Crippen LogP contribution >= 0.6 is 0 Å². The summed E-state index contributed by atoms with van der Waals surface area (Å²) in [5, 5.41) is 2.81. The standard InChI is InChI=1S/C18H22N2O5S/c1-12-2-4-13(5-3-12)17(21)19-14-6-8-15(9-7-14)26(23,24)20-16-10-11-25-18(16)22/h2,4,6-9,12-13,16,20H,3,5,10-11H2,1H3,(H,19,21)/t12?,13?,16-/m0/s1. The highest BCUT2D eigenvalue weighted by Gasteiger charge is 2.31. The molecule has 2 aliphatic rings. The van der Waals surface area contributed by atoms with Gasteiger partial charge >= 0.3 is 5.97 Å². The minimum absolute atomic E-state index is 0.0292. The fourth-order valence-electron chi connectivity index (χ4n) is 2.99. The molecule has 3 atom stereocenters. The van der Waals surface area contributed by atoms with Gasteiger partial charge in [0.1, 0.15) is 6.04 Å². The molecule has 26 heavy (non-hydrogen) atoms. The minimum Gasteiger partial charge on any atom is -0.464 e. The lowest BCUT2D eigenvalue weighted by Crippen LogP contribution is -2.37. The zero-order valence-corrected chi connectivity index (χ0v) is 15.3. The number of amides is 1. The summed E-state index contributed by atoms with van der Waals surface area (Å²) in [4.78, 5) is 23.7. The van der Waals surface area contributed by atoms with E-state index in [0.717, 1.165) is 12.8 Å². The summed E-state index contributed by atoms with van der Waals surface area (Å²) in [6.07, 6.45) is 6.06. The van der Waals surface area contributed by atoms with E-state index in [2.05, 4.69) is 17.0 Å². The lowest BCUT2D eigenvalue weighted by Gasteiger charge is -2.19. The van der Waals surface area contributed by atoms with Crippen LogP contribution in [0, 0.1) is 11.8 Å². The number of hydrogen-bond acceptors (Lipinski definition) is 5. The monoisotopic (exact) mass is 378 g/mol. The van der Waals surface area contributed by atoms with Crippen molar-refractivity contribution >= 4 is 27.6 Å². The Bertz CT molecular complexity index is 816. The smallest absolute Gasteiger partial charge is 0.324 e. The maximum absolute atomic E-state index is 12.3. The summed E-state index contributed by atoms with van der Waals surface area (Å²) in [6, 6.07) is 5.02. The van der Waals surface area contributed by atoms with Gasteiger partial charge in [0, 0.05) is 12.1 Å². The normalized spacial score (nSPS) is 25.7. The summed E-state index contributed by atoms with van der Waals surface area (Å²) in [5.41, 5.74) is 0.529. The molecule has 0 radical (unpaired) electrons. The zero-order chi connectivity index (χ0) is 18.7. The summed E-state index contributed by atoms with van der Waals surface area (Å²) in [6.45, 7) is 2.33. The fourth-order valence-corrected chi connectivity index (χ4v) is 4.21. The molecule has 1 aromatic carbocycles. The van der Waals surface area contributed by atoms with Crippen LogP contribution in [-0.2, 0) is 24.3 Å². The van der Waals surface area contributed by atoms with Gasteiger partial charge in [0.15, 0.2) is 0 Å². The molecule has 0 spiro atoms. The van der Waals surface area contributed by atoms with Crippen LogP contribution in [0.4, 0.5) is 5.69 Å². The number of carbonyl (C=O) groups is 2. The highest BCUT2D eigenvalue weighted by molar-refractivity contribution is 7.89. The summed E-state index contributed by atoms with van der Waals surface area (Å²) in [5.74, 6) is -0.333. The first-order valence-corrected chi connectivity index (χ1v) is 10.1. The van der Waals surface area contributed by atoms with Crippen molar-refractivity contribution in [1.82, 2.24) is 4.72 Å². The lowest BCUT2D eigenvalue weighted by molar-refractivity contribution is -0.139. The quantitative estimate of drug-likeness (QED) is 0.601. The molecule has 0 aromatic heterocycles. The number of rotatable bonds is 5. The third-order valence-electron chi connectivity index (χ3n) is 4.61. The highest BCUT2D eigenvalue weighted by Crippen LogP contribution is 2.23. The molecule has 3 rings (SSSR count). The van der Waals surface area contributed by atoms with Crippen molar-refractivity contribution in [3.63, 3.8) is 0 Å². The Labute approximate surface area is 152 Å². The molecule has 0 bridgehead atoms. The van der Waals surface area contributed by atoms with E-state index in [1.54, 1.807) is 0 Å². The summed E-state index contributed by atoms with van der Waals surface area (Å²) >= 11 is 0. The second-order valence-corrected chi connectivity index (χ2v) is 8.40. The van der Waals surface area contributed by atoms with Crippen molar-refractivity contribution in [2.45, 2.75) is 37.1 Å². The molecule has 1 fully saturated rings. The van der Waals surface area contributed by atoms with Gasteiger partial charge in [0.25, 0.3) is 0 Å². The maximum Gasteiger partial charge on any atom is 0.324 e. The second-order valence-electron chi connectivity index (χ2n) is 6.69. The molecule has 1 saturated heterocycles. The van der Waals surface area contributed by atoms with Gasteiger partial charge in [-0.25, -0.2) is 8.42 Å². The number of cyclic esters (lactones) is 1. The molecule has 140 valence electrons. The Morgan fingerprint density at radius 3 is 2.42 bits per heavy atom. The number of hydrogen-bond donors (Lipinski definition) is 2. The van der Waals surface area contributed by atoms with Crippen molar-refractivity contribution in [1.29, 1.82) is 0 Å². The molecular formula is C18H22N2O5S. The van der Waals surface area contributed by atoms with Crippen LogP contribution in [0.25, 0.3) is 0 Å². The van der Waals surface area contributed by atoms with Crippen molar-refractivity contribution < 1.29 is 22.7 Å². The average Bonchev–Trinajstić information content (AvgIpc) is 3.00. The maximum atomic E-state index is 12.3. The van der Waals surface area contributed by atoms with Crippen molar-refractivity contribution in [2.75, 3.05) is 11.9 Å². The van der Waals surface area contributed by atoms with E-state index in [9.17, 15) is 18.0 Å². The van der Waals surface area contributed by atoms with Crippen LogP contribution in [0.1, 0.15) is 26.2 Å². The molecule has 1 amide bonds. The van der Waals surface area contributed by atoms with Crippen LogP contribution in [0.3, 0.4) is 0 Å². The molecule has 2 unspecified atom stereocenters. The zero-order valence-electron chi connectivity index (χ0n) is 14.5. The predicted octanol–water partition coefficient (Wildman–Crippen LogP) is 1.82. The first-order valence-electron chi connectivity index (χ1n) is 8.63. The van der Waals surface area contributed by atoms with Crippen LogP contribution in [0.15, 0.2) is 41.3 Å². The van der Waals surface area contributed by atoms with E-state index in [-0.39, 0.29) is 23.3 Å². The fraction of sp³-hybridized carbons (Fsp3) is 0.444. The molecule has 1 aliphatic heterocycles. The Balaban J connectivity index is 1.63. The molecule has 0 saturated carbocycles. The molecule has 1 aliphatic carbocycles. The summed E-state index contributed by atoms with van der Waals surface area (Å²) < 4.78 is 31.8. The molecule has 1 aromatic rings. The van der Waals surface area contributed by atoms with Gasteiger partial charge in [-0.2, -0.15) is 4.72 Å². The third-order valence-corrected chi connectivity index (χ3v) is 6.09. The Morgan fingerprint density at radius 1 is 1.12 bits per heavy atom. The summed E-state index contributed by atoms with van der Waals surface area (Å²) in [7, 11) is -3.82. The Hall–Kier alpha value is -2.19. The lowest BCUT2D eigenvalue weighted by atomic mass is 9.89. The number of benzene rings is 1. The van der Waals surface area contributed by atoms with E-state index >= 15 is 0 Å². The molecule has 1 heterocycles. The first kappa shape index (κ1) is 18.6. The number of ether oxygens (including phenoxy) is 1. The Kier molecular flexibility index (Phi) is 5.43. The molecular weight excluding hydrogens is 356 g/mol. The highest BCUT2D eigenvalue weighted by atomic mass is 32.2. The van der Waals surface area contributed by atoms with E-state index < -0.39 is 22.0 Å². The van der Waals surface area contributed by atoms with Gasteiger partial charge in [-0.1, -0.05) is 19.1 Å². The molecule has 8 heteroatoms. The van der Waals surface area contributed by atoms with Gasteiger partial charge in [-0.3, -0.25) is 9.59 Å². The number of nitrogens with one attached hydrogen (secondary N) is 2. The number of carbonyl (C=O) groups excluding carboxylic acids is 2. The number of sulfonamides is 1. The largest absolute Gasteiger partial charge is 0.464 e. The van der Waals surface area contributed by atoms with Gasteiger partial charge < -0.3 is 10.1 Å². The van der Waals surface area contributed by atoms with Gasteiger partial charge in [0.05, 0.1) is 17.4 Å². The van der Waals surface area contributed by atoms with Gasteiger partial charge in [-0.15, -0.1) is 0 Å².